The first-order valence-corrected chi connectivity index (χ1v) is 5.50. The zero-order valence-corrected chi connectivity index (χ0v) is 9.54. The molecular weight excluding hydrogens is 226 g/mol. The molecule has 3 N–H and O–H groups in total. The van der Waals surface area contributed by atoms with Crippen LogP contribution in [0.4, 0.5) is 17.3 Å². The van der Waals surface area contributed by atoms with Crippen molar-refractivity contribution < 1.29 is 0 Å². The molecular formula is C13H11N5. The number of hydrogen-bond acceptors (Lipinski definition) is 5. The van der Waals surface area contributed by atoms with Crippen molar-refractivity contribution in [2.24, 2.45) is 0 Å². The summed E-state index contributed by atoms with van der Waals surface area (Å²) >= 11 is 0. The quantitative estimate of drug-likeness (QED) is 0.715. The molecule has 0 bridgehead atoms. The number of anilines is 3. The first kappa shape index (κ1) is 10.5. The third-order valence-corrected chi connectivity index (χ3v) is 2.60. The largest absolute Gasteiger partial charge is 0.382 e. The molecule has 3 aromatic rings. The molecule has 3 rings (SSSR count). The summed E-state index contributed by atoms with van der Waals surface area (Å²) in [5.41, 5.74) is 6.55. The highest BCUT2D eigenvalue weighted by molar-refractivity contribution is 5.94. The Kier molecular flexibility index (Phi) is 2.49. The van der Waals surface area contributed by atoms with Gasteiger partial charge in [-0.15, -0.1) is 0 Å². The minimum atomic E-state index is 0.391. The van der Waals surface area contributed by atoms with Crippen molar-refractivity contribution in [1.29, 1.82) is 0 Å². The molecule has 1 aromatic carbocycles. The van der Waals surface area contributed by atoms with Crippen LogP contribution in [-0.4, -0.2) is 15.0 Å². The van der Waals surface area contributed by atoms with Crippen LogP contribution in [0.2, 0.25) is 0 Å². The zero-order chi connectivity index (χ0) is 12.4. The van der Waals surface area contributed by atoms with Gasteiger partial charge in [-0.3, -0.25) is 9.97 Å². The maximum Gasteiger partial charge on any atom is 0.151 e. The molecule has 0 saturated carbocycles. The maximum atomic E-state index is 5.60. The van der Waals surface area contributed by atoms with Gasteiger partial charge < -0.3 is 11.1 Å². The fraction of sp³-hybridized carbons (Fsp3) is 0. The second kappa shape index (κ2) is 4.29. The van der Waals surface area contributed by atoms with Crippen LogP contribution in [0.1, 0.15) is 0 Å². The van der Waals surface area contributed by atoms with Crippen LogP contribution in [0.3, 0.4) is 0 Å². The molecule has 0 amide bonds. The van der Waals surface area contributed by atoms with Gasteiger partial charge in [-0.2, -0.15) is 0 Å². The van der Waals surface area contributed by atoms with Crippen molar-refractivity contribution in [1.82, 2.24) is 15.0 Å². The van der Waals surface area contributed by atoms with Gasteiger partial charge >= 0.3 is 0 Å². The van der Waals surface area contributed by atoms with Crippen LogP contribution in [0.25, 0.3) is 10.8 Å². The fourth-order valence-corrected chi connectivity index (χ4v) is 1.81. The Bertz CT molecular complexity index is 690. The predicted molar refractivity (Wildman–Crippen MR) is 71.5 cm³/mol. The molecule has 5 nitrogen and oxygen atoms in total. The molecule has 18 heavy (non-hydrogen) atoms. The van der Waals surface area contributed by atoms with E-state index in [9.17, 15) is 0 Å². The van der Waals surface area contributed by atoms with Crippen LogP contribution in [0.15, 0.2) is 49.1 Å². The van der Waals surface area contributed by atoms with Gasteiger partial charge in [0.25, 0.3) is 0 Å². The topological polar surface area (TPSA) is 76.7 Å². The number of nitrogen functional groups attached to an aromatic ring is 1. The van der Waals surface area contributed by atoms with Gasteiger partial charge in [0.05, 0.1) is 12.4 Å². The Balaban J connectivity index is 2.05. The maximum absolute atomic E-state index is 5.60. The third-order valence-electron chi connectivity index (χ3n) is 2.60. The van der Waals surface area contributed by atoms with Gasteiger partial charge in [-0.05, 0) is 12.1 Å². The molecule has 0 aliphatic rings. The number of hydrogen-bond donors (Lipinski definition) is 2. The van der Waals surface area contributed by atoms with Crippen molar-refractivity contribution in [3.8, 4) is 0 Å². The molecule has 0 aliphatic heterocycles. The number of benzene rings is 1. The summed E-state index contributed by atoms with van der Waals surface area (Å²) < 4.78 is 0. The molecule has 0 radical (unpaired) electrons. The molecule has 0 fully saturated rings. The summed E-state index contributed by atoms with van der Waals surface area (Å²) in [6.07, 6.45) is 6.73. The van der Waals surface area contributed by atoms with Crippen molar-refractivity contribution >= 4 is 28.1 Å². The lowest BCUT2D eigenvalue weighted by molar-refractivity contribution is 1.21. The minimum absolute atomic E-state index is 0.391. The molecule has 88 valence electrons. The monoisotopic (exact) mass is 237 g/mol. The van der Waals surface area contributed by atoms with Crippen LogP contribution in [0, 0.1) is 0 Å². The van der Waals surface area contributed by atoms with Gasteiger partial charge in [0.1, 0.15) is 5.82 Å². The van der Waals surface area contributed by atoms with E-state index in [1.807, 2.05) is 30.5 Å². The zero-order valence-electron chi connectivity index (χ0n) is 9.54. The number of fused-ring (bicyclic) bond motifs is 1. The van der Waals surface area contributed by atoms with E-state index in [4.69, 9.17) is 5.73 Å². The molecule has 5 heteroatoms. The van der Waals surface area contributed by atoms with E-state index in [1.54, 1.807) is 12.4 Å². The van der Waals surface area contributed by atoms with Crippen molar-refractivity contribution in [2.45, 2.75) is 0 Å². The molecule has 0 aliphatic carbocycles. The lowest BCUT2D eigenvalue weighted by Gasteiger charge is -2.08. The lowest BCUT2D eigenvalue weighted by Crippen LogP contribution is -1.98. The summed E-state index contributed by atoms with van der Waals surface area (Å²) in [5.74, 6) is 1.02. The number of pyridine rings is 1. The number of nitrogens with zero attached hydrogens (tertiary/aromatic N) is 3. The third kappa shape index (κ3) is 1.93. The lowest BCUT2D eigenvalue weighted by atomic mass is 10.1. The Labute approximate surface area is 104 Å². The number of nitrogens with two attached hydrogens (primary N) is 1. The Morgan fingerprint density at radius 1 is 1.00 bits per heavy atom. The van der Waals surface area contributed by atoms with Crippen molar-refractivity contribution in [2.75, 3.05) is 11.1 Å². The summed E-state index contributed by atoms with van der Waals surface area (Å²) in [5, 5.41) is 5.36. The van der Waals surface area contributed by atoms with Gasteiger partial charge in [-0.25, -0.2) is 4.98 Å². The van der Waals surface area contributed by atoms with E-state index in [0.29, 0.717) is 11.6 Å². The van der Waals surface area contributed by atoms with Crippen LogP contribution >= 0.6 is 0 Å². The summed E-state index contributed by atoms with van der Waals surface area (Å²) in [6, 6.07) is 7.91. The highest BCUT2D eigenvalue weighted by Crippen LogP contribution is 2.24. The fourth-order valence-electron chi connectivity index (χ4n) is 1.81. The van der Waals surface area contributed by atoms with Gasteiger partial charge in [0, 0.05) is 28.9 Å². The predicted octanol–water partition coefficient (Wildman–Crippen LogP) is 2.35. The summed E-state index contributed by atoms with van der Waals surface area (Å²) in [6.45, 7) is 0. The first-order valence-electron chi connectivity index (χ1n) is 5.50. The van der Waals surface area contributed by atoms with Crippen molar-refractivity contribution in [3.05, 3.63) is 49.1 Å². The van der Waals surface area contributed by atoms with Gasteiger partial charge in [0.15, 0.2) is 5.82 Å². The average Bonchev–Trinajstić information content (AvgIpc) is 2.39. The molecule has 0 saturated heterocycles. The van der Waals surface area contributed by atoms with Crippen LogP contribution < -0.4 is 11.1 Å². The Morgan fingerprint density at radius 3 is 2.83 bits per heavy atom. The molecule has 2 heterocycles. The first-order chi connectivity index (χ1) is 8.83. The van der Waals surface area contributed by atoms with E-state index < -0.39 is 0 Å². The standard InChI is InChI=1S/C13H11N5/c14-12-7-16-8-13(18-12)17-11-3-1-2-9-6-15-5-4-10(9)11/h1-8H,(H3,14,17,18). The highest BCUT2D eigenvalue weighted by Gasteiger charge is 2.02. The van der Waals surface area contributed by atoms with E-state index in [1.165, 1.54) is 6.20 Å². The Morgan fingerprint density at radius 2 is 1.94 bits per heavy atom. The normalized spacial score (nSPS) is 10.4. The van der Waals surface area contributed by atoms with Gasteiger partial charge in [0.2, 0.25) is 0 Å². The van der Waals surface area contributed by atoms with Crippen molar-refractivity contribution in [3.63, 3.8) is 0 Å². The molecule has 0 atom stereocenters. The number of nitrogens with one attached hydrogen (secondary N) is 1. The minimum Gasteiger partial charge on any atom is -0.382 e. The summed E-state index contributed by atoms with van der Waals surface area (Å²) in [7, 11) is 0. The number of aromatic nitrogens is 3. The van der Waals surface area contributed by atoms with E-state index >= 15 is 0 Å². The van der Waals surface area contributed by atoms with Crippen LogP contribution in [0.5, 0.6) is 0 Å². The Hall–Kier alpha value is -2.69. The highest BCUT2D eigenvalue weighted by atomic mass is 15.0. The second-order valence-electron chi connectivity index (χ2n) is 3.86. The molecule has 2 aromatic heterocycles. The SMILES string of the molecule is Nc1cncc(Nc2cccc3cnccc23)n1. The van der Waals surface area contributed by atoms with E-state index in [2.05, 4.69) is 20.3 Å². The second-order valence-corrected chi connectivity index (χ2v) is 3.86. The average molecular weight is 237 g/mol. The van der Waals surface area contributed by atoms with E-state index in [0.717, 1.165) is 16.5 Å². The van der Waals surface area contributed by atoms with Crippen LogP contribution in [-0.2, 0) is 0 Å². The van der Waals surface area contributed by atoms with E-state index in [-0.39, 0.29) is 0 Å². The molecule has 0 spiro atoms. The number of rotatable bonds is 2. The summed E-state index contributed by atoms with van der Waals surface area (Å²) in [4.78, 5) is 12.3. The smallest absolute Gasteiger partial charge is 0.151 e. The van der Waals surface area contributed by atoms with Gasteiger partial charge in [-0.1, -0.05) is 12.1 Å². The molecule has 0 unspecified atom stereocenters.